The highest BCUT2D eigenvalue weighted by Gasteiger charge is 2.18. The molecule has 8 heteroatoms. The molecule has 5 nitrogen and oxygen atoms in total. The van der Waals surface area contributed by atoms with E-state index in [9.17, 15) is 0 Å². The second-order valence-electron chi connectivity index (χ2n) is 5.70. The van der Waals surface area contributed by atoms with E-state index in [0.717, 1.165) is 26.4 Å². The van der Waals surface area contributed by atoms with Crippen LogP contribution in [0.25, 0.3) is 20.9 Å². The van der Waals surface area contributed by atoms with Crippen LogP contribution < -0.4 is 0 Å². The van der Waals surface area contributed by atoms with Crippen molar-refractivity contribution in [2.75, 3.05) is 0 Å². The topological polar surface area (TPSA) is 56.7 Å². The molecule has 1 aromatic carbocycles. The van der Waals surface area contributed by atoms with Gasteiger partial charge in [-0.15, -0.1) is 21.5 Å². The molecular formula is C17H14Cl2N4OS. The second kappa shape index (κ2) is 6.44. The summed E-state index contributed by atoms with van der Waals surface area (Å²) < 4.78 is 8.76. The van der Waals surface area contributed by atoms with Gasteiger partial charge in [0.05, 0.1) is 21.4 Å². The summed E-state index contributed by atoms with van der Waals surface area (Å²) in [7, 11) is 0. The van der Waals surface area contributed by atoms with Crippen LogP contribution >= 0.6 is 34.5 Å². The number of halogens is 2. The van der Waals surface area contributed by atoms with Gasteiger partial charge in [0.2, 0.25) is 5.89 Å². The van der Waals surface area contributed by atoms with Crippen molar-refractivity contribution in [3.8, 4) is 10.8 Å². The fraction of sp³-hybridized carbons (Fsp3) is 0.235. The van der Waals surface area contributed by atoms with Crippen LogP contribution in [0.15, 0.2) is 28.7 Å². The Morgan fingerprint density at radius 3 is 2.64 bits per heavy atom. The lowest BCUT2D eigenvalue weighted by atomic mass is 10.2. The zero-order valence-electron chi connectivity index (χ0n) is 13.6. The van der Waals surface area contributed by atoms with Crippen molar-refractivity contribution < 1.29 is 4.42 Å². The number of nitrogens with zero attached hydrogens (tertiary/aromatic N) is 4. The van der Waals surface area contributed by atoms with Gasteiger partial charge in [0.15, 0.2) is 0 Å². The molecule has 3 heterocycles. The predicted molar refractivity (Wildman–Crippen MR) is 101 cm³/mol. The molecule has 0 bridgehead atoms. The molecular weight excluding hydrogens is 379 g/mol. The average molecular weight is 393 g/mol. The fourth-order valence-electron chi connectivity index (χ4n) is 2.69. The first-order valence-corrected chi connectivity index (χ1v) is 9.31. The van der Waals surface area contributed by atoms with Crippen LogP contribution in [0.5, 0.6) is 0 Å². The standard InChI is InChI=1S/C17H14Cl2N4OS/c1-9-14(18)10(2)23(22-9)8-7-13-20-21-17(24-13)16-15(19)11-5-3-4-6-12(11)25-16/h3-6H,7-8H2,1-2H3. The molecule has 4 aromatic rings. The summed E-state index contributed by atoms with van der Waals surface area (Å²) in [6.07, 6.45) is 0.577. The highest BCUT2D eigenvalue weighted by Crippen LogP contribution is 2.41. The monoisotopic (exact) mass is 392 g/mol. The molecule has 0 unspecified atom stereocenters. The number of aryl methyl sites for hydroxylation is 3. The molecule has 0 spiro atoms. The minimum absolute atomic E-state index is 0.451. The van der Waals surface area contributed by atoms with Crippen LogP contribution in [0.2, 0.25) is 10.0 Å². The molecule has 0 atom stereocenters. The van der Waals surface area contributed by atoms with Crippen LogP contribution in [0.4, 0.5) is 0 Å². The Bertz CT molecular complexity index is 1070. The molecule has 0 fully saturated rings. The summed E-state index contributed by atoms with van der Waals surface area (Å²) in [5, 5.41) is 15.0. The Labute approximate surface area is 158 Å². The van der Waals surface area contributed by atoms with Gasteiger partial charge in [-0.25, -0.2) is 0 Å². The maximum absolute atomic E-state index is 6.47. The Hall–Kier alpha value is -1.89. The Morgan fingerprint density at radius 2 is 1.92 bits per heavy atom. The van der Waals surface area contributed by atoms with Crippen LogP contribution in [-0.2, 0) is 13.0 Å². The zero-order valence-corrected chi connectivity index (χ0v) is 15.9. The Kier molecular flexibility index (Phi) is 4.27. The molecule has 4 rings (SSSR count). The summed E-state index contributed by atoms with van der Waals surface area (Å²) in [6.45, 7) is 4.46. The van der Waals surface area contributed by atoms with E-state index in [-0.39, 0.29) is 0 Å². The molecule has 0 aliphatic rings. The SMILES string of the molecule is Cc1nn(CCc2nnc(-c3sc4ccccc4c3Cl)o2)c(C)c1Cl. The number of hydrogen-bond donors (Lipinski definition) is 0. The van der Waals surface area contributed by atoms with Crippen LogP contribution in [0, 0.1) is 13.8 Å². The number of aromatic nitrogens is 4. The molecule has 0 saturated carbocycles. The van der Waals surface area contributed by atoms with E-state index in [1.54, 1.807) is 11.3 Å². The maximum atomic E-state index is 6.47. The number of benzene rings is 1. The molecule has 0 amide bonds. The van der Waals surface area contributed by atoms with Crippen LogP contribution in [0.3, 0.4) is 0 Å². The van der Waals surface area contributed by atoms with Crippen molar-refractivity contribution in [3.05, 3.63) is 51.6 Å². The van der Waals surface area contributed by atoms with E-state index >= 15 is 0 Å². The number of rotatable bonds is 4. The van der Waals surface area contributed by atoms with E-state index < -0.39 is 0 Å². The minimum atomic E-state index is 0.451. The summed E-state index contributed by atoms with van der Waals surface area (Å²) in [6, 6.07) is 7.96. The van der Waals surface area contributed by atoms with Gasteiger partial charge in [-0.1, -0.05) is 41.4 Å². The maximum Gasteiger partial charge on any atom is 0.259 e. The van der Waals surface area contributed by atoms with Gasteiger partial charge in [-0.05, 0) is 19.9 Å². The molecule has 0 saturated heterocycles. The summed E-state index contributed by atoms with van der Waals surface area (Å²) in [5.41, 5.74) is 1.76. The molecule has 0 N–H and O–H groups in total. The number of thiophene rings is 1. The van der Waals surface area contributed by atoms with Crippen molar-refractivity contribution in [2.45, 2.75) is 26.8 Å². The second-order valence-corrected chi connectivity index (χ2v) is 7.51. The highest BCUT2D eigenvalue weighted by molar-refractivity contribution is 7.23. The smallest absolute Gasteiger partial charge is 0.259 e. The van der Waals surface area contributed by atoms with Gasteiger partial charge in [-0.2, -0.15) is 5.10 Å². The van der Waals surface area contributed by atoms with Crippen molar-refractivity contribution in [3.63, 3.8) is 0 Å². The van der Waals surface area contributed by atoms with E-state index in [0.29, 0.717) is 34.8 Å². The quantitative estimate of drug-likeness (QED) is 0.471. The summed E-state index contributed by atoms with van der Waals surface area (Å²) in [4.78, 5) is 0.802. The van der Waals surface area contributed by atoms with E-state index in [2.05, 4.69) is 15.3 Å². The summed E-state index contributed by atoms with van der Waals surface area (Å²) >= 11 is 14.2. The minimum Gasteiger partial charge on any atom is -0.420 e. The van der Waals surface area contributed by atoms with Gasteiger partial charge >= 0.3 is 0 Å². The fourth-order valence-corrected chi connectivity index (χ4v) is 4.26. The largest absolute Gasteiger partial charge is 0.420 e. The molecule has 128 valence electrons. The van der Waals surface area contributed by atoms with Crippen molar-refractivity contribution in [1.82, 2.24) is 20.0 Å². The van der Waals surface area contributed by atoms with Crippen molar-refractivity contribution in [1.29, 1.82) is 0 Å². The lowest BCUT2D eigenvalue weighted by molar-refractivity contribution is 0.472. The van der Waals surface area contributed by atoms with E-state index in [1.807, 2.05) is 42.8 Å². The van der Waals surface area contributed by atoms with Gasteiger partial charge in [-0.3, -0.25) is 4.68 Å². The van der Waals surface area contributed by atoms with Crippen LogP contribution in [-0.4, -0.2) is 20.0 Å². The zero-order chi connectivity index (χ0) is 17.6. The molecule has 3 aromatic heterocycles. The first-order chi connectivity index (χ1) is 12.0. The molecule has 25 heavy (non-hydrogen) atoms. The normalized spacial score (nSPS) is 11.5. The predicted octanol–water partition coefficient (Wildman–Crippen LogP) is 5.31. The summed E-state index contributed by atoms with van der Waals surface area (Å²) in [5.74, 6) is 1.000. The number of hydrogen-bond acceptors (Lipinski definition) is 5. The molecule has 0 aliphatic carbocycles. The van der Waals surface area contributed by atoms with Crippen molar-refractivity contribution in [2.24, 2.45) is 0 Å². The third kappa shape index (κ3) is 2.94. The first kappa shape index (κ1) is 16.6. The number of fused-ring (bicyclic) bond motifs is 1. The van der Waals surface area contributed by atoms with Crippen molar-refractivity contribution >= 4 is 44.6 Å². The third-order valence-electron chi connectivity index (χ3n) is 4.03. The Morgan fingerprint density at radius 1 is 1.12 bits per heavy atom. The lowest BCUT2D eigenvalue weighted by Gasteiger charge is -2.01. The average Bonchev–Trinajstić information content (AvgIpc) is 3.27. The van der Waals surface area contributed by atoms with Gasteiger partial charge in [0.1, 0.15) is 4.88 Å². The van der Waals surface area contributed by atoms with Gasteiger partial charge < -0.3 is 4.42 Å². The van der Waals surface area contributed by atoms with Crippen LogP contribution in [0.1, 0.15) is 17.3 Å². The molecule has 0 aliphatic heterocycles. The van der Waals surface area contributed by atoms with E-state index in [1.165, 1.54) is 0 Å². The van der Waals surface area contributed by atoms with E-state index in [4.69, 9.17) is 27.6 Å². The van der Waals surface area contributed by atoms with Gasteiger partial charge in [0, 0.05) is 23.1 Å². The Balaban J connectivity index is 1.57. The molecule has 0 radical (unpaired) electrons. The third-order valence-corrected chi connectivity index (χ3v) is 6.24. The lowest BCUT2D eigenvalue weighted by Crippen LogP contribution is -2.05. The highest BCUT2D eigenvalue weighted by atomic mass is 35.5. The van der Waals surface area contributed by atoms with Gasteiger partial charge in [0.25, 0.3) is 5.89 Å². The first-order valence-electron chi connectivity index (χ1n) is 7.74.